The third-order valence-corrected chi connectivity index (χ3v) is 4.47. The van der Waals surface area contributed by atoms with Gasteiger partial charge in [0.15, 0.2) is 6.61 Å². The number of benzene rings is 2. The van der Waals surface area contributed by atoms with Crippen LogP contribution in [0.15, 0.2) is 59.5 Å². The first kappa shape index (κ1) is 18.1. The summed E-state index contributed by atoms with van der Waals surface area (Å²) >= 11 is 1.41. The molecule has 0 unspecified atom stereocenters. The van der Waals surface area contributed by atoms with Gasteiger partial charge in [0.2, 0.25) is 0 Å². The summed E-state index contributed by atoms with van der Waals surface area (Å²) in [5, 5.41) is 2.34. The number of rotatable bonds is 7. The molecule has 0 spiro atoms. The van der Waals surface area contributed by atoms with Crippen LogP contribution in [0, 0.1) is 0 Å². The molecule has 2 aromatic rings. The molecule has 0 aliphatic heterocycles. The zero-order valence-corrected chi connectivity index (χ0v) is 14.6. The number of nitrogens with one attached hydrogen (secondary N) is 1. The van der Waals surface area contributed by atoms with Gasteiger partial charge >= 0.3 is 5.97 Å². The van der Waals surface area contributed by atoms with Gasteiger partial charge < -0.3 is 10.1 Å². The highest BCUT2D eigenvalue weighted by Crippen LogP contribution is 2.23. The number of thioether (sulfide) groups is 1. The van der Waals surface area contributed by atoms with Gasteiger partial charge in [-0.05, 0) is 43.2 Å². The van der Waals surface area contributed by atoms with Crippen LogP contribution in [0.1, 0.15) is 19.4 Å². The lowest BCUT2D eigenvalue weighted by Gasteiger charge is -2.11. The second-order valence-electron chi connectivity index (χ2n) is 5.28. The zero-order chi connectivity index (χ0) is 17.4. The van der Waals surface area contributed by atoms with Crippen molar-refractivity contribution in [3.8, 4) is 0 Å². The fourth-order valence-electron chi connectivity index (χ4n) is 2.03. The van der Waals surface area contributed by atoms with Gasteiger partial charge in [-0.15, -0.1) is 11.8 Å². The summed E-state index contributed by atoms with van der Waals surface area (Å²) in [4.78, 5) is 24.8. The van der Waals surface area contributed by atoms with Crippen molar-refractivity contribution in [2.45, 2.75) is 30.4 Å². The van der Waals surface area contributed by atoms with Gasteiger partial charge in [-0.3, -0.25) is 9.59 Å². The summed E-state index contributed by atoms with van der Waals surface area (Å²) in [6.07, 6.45) is 0.947. The fraction of sp³-hybridized carbons (Fsp3) is 0.263. The summed E-state index contributed by atoms with van der Waals surface area (Å²) < 4.78 is 5.08. The van der Waals surface area contributed by atoms with Crippen LogP contribution in [-0.4, -0.2) is 23.7 Å². The Labute approximate surface area is 146 Å². The van der Waals surface area contributed by atoms with E-state index < -0.39 is 5.97 Å². The minimum Gasteiger partial charge on any atom is -0.455 e. The fourth-order valence-corrected chi connectivity index (χ4v) is 2.91. The van der Waals surface area contributed by atoms with Gasteiger partial charge in [-0.25, -0.2) is 0 Å². The third-order valence-electron chi connectivity index (χ3n) is 3.38. The molecular formula is C19H21NO3S. The highest BCUT2D eigenvalue weighted by molar-refractivity contribution is 8.00. The highest BCUT2D eigenvalue weighted by atomic mass is 32.2. The number of ether oxygens (including phenoxy) is 1. The van der Waals surface area contributed by atoms with Crippen LogP contribution in [0.3, 0.4) is 0 Å². The van der Waals surface area contributed by atoms with Gasteiger partial charge in [-0.1, -0.05) is 37.3 Å². The monoisotopic (exact) mass is 343 g/mol. The predicted octanol–water partition coefficient (Wildman–Crippen LogP) is 3.91. The molecule has 2 aromatic carbocycles. The van der Waals surface area contributed by atoms with E-state index in [9.17, 15) is 9.59 Å². The molecule has 0 heterocycles. The molecule has 0 fully saturated rings. The molecule has 0 radical (unpaired) electrons. The van der Waals surface area contributed by atoms with Crippen molar-refractivity contribution in [1.29, 1.82) is 0 Å². The Morgan fingerprint density at radius 3 is 2.38 bits per heavy atom. The van der Waals surface area contributed by atoms with Crippen molar-refractivity contribution in [1.82, 2.24) is 0 Å². The lowest BCUT2D eigenvalue weighted by atomic mass is 10.1. The molecule has 0 saturated heterocycles. The minimum absolute atomic E-state index is 0.284. The van der Waals surface area contributed by atoms with Crippen LogP contribution in [0.25, 0.3) is 0 Å². The number of hydrogen-bond acceptors (Lipinski definition) is 4. The number of esters is 1. The average molecular weight is 343 g/mol. The average Bonchev–Trinajstić information content (AvgIpc) is 2.61. The van der Waals surface area contributed by atoms with E-state index in [2.05, 4.69) is 12.2 Å². The van der Waals surface area contributed by atoms with Crippen LogP contribution in [0.2, 0.25) is 0 Å². The maximum atomic E-state index is 12.0. The molecule has 126 valence electrons. The molecule has 0 saturated carbocycles. The van der Waals surface area contributed by atoms with Crippen molar-refractivity contribution in [3.05, 3.63) is 60.2 Å². The first-order valence-electron chi connectivity index (χ1n) is 7.85. The number of anilines is 1. The predicted molar refractivity (Wildman–Crippen MR) is 97.2 cm³/mol. The Kier molecular flexibility index (Phi) is 6.88. The molecule has 1 amide bonds. The van der Waals surface area contributed by atoms with Gasteiger partial charge in [0.25, 0.3) is 5.91 Å². The second kappa shape index (κ2) is 9.13. The van der Waals surface area contributed by atoms with Crippen LogP contribution in [0.4, 0.5) is 5.69 Å². The largest absolute Gasteiger partial charge is 0.455 e. The minimum atomic E-state index is -0.402. The SMILES string of the molecule is CCc1ccc(NC(=O)COC(=O)[C@@H](C)Sc2ccccc2)cc1. The van der Waals surface area contributed by atoms with Gasteiger partial charge in [0, 0.05) is 10.6 Å². The molecule has 0 bridgehead atoms. The first-order valence-corrected chi connectivity index (χ1v) is 8.73. The third kappa shape index (κ3) is 5.74. The van der Waals surface area contributed by atoms with Crippen molar-refractivity contribution in [2.24, 2.45) is 0 Å². The Bertz CT molecular complexity index is 671. The summed E-state index contributed by atoms with van der Waals surface area (Å²) in [6, 6.07) is 17.2. The van der Waals surface area contributed by atoms with Crippen molar-refractivity contribution >= 4 is 29.3 Å². The molecule has 0 aromatic heterocycles. The number of amides is 1. The maximum Gasteiger partial charge on any atom is 0.319 e. The number of carbonyl (C=O) groups is 2. The standard InChI is InChI=1S/C19H21NO3S/c1-3-15-9-11-16(12-10-15)20-18(21)13-23-19(22)14(2)24-17-7-5-4-6-8-17/h4-12,14H,3,13H2,1-2H3,(H,20,21)/t14-/m1/s1. The van der Waals surface area contributed by atoms with E-state index in [0.717, 1.165) is 11.3 Å². The van der Waals surface area contributed by atoms with Crippen molar-refractivity contribution in [3.63, 3.8) is 0 Å². The Morgan fingerprint density at radius 1 is 1.08 bits per heavy atom. The zero-order valence-electron chi connectivity index (χ0n) is 13.8. The lowest BCUT2D eigenvalue weighted by Crippen LogP contribution is -2.24. The van der Waals surface area contributed by atoms with Gasteiger partial charge in [0.05, 0.1) is 0 Å². The second-order valence-corrected chi connectivity index (χ2v) is 6.69. The molecular weight excluding hydrogens is 322 g/mol. The smallest absolute Gasteiger partial charge is 0.319 e. The first-order chi connectivity index (χ1) is 11.6. The summed E-state index contributed by atoms with van der Waals surface area (Å²) in [6.45, 7) is 3.55. The molecule has 0 aliphatic carbocycles. The number of aryl methyl sites for hydroxylation is 1. The molecule has 0 aliphatic rings. The van der Waals surface area contributed by atoms with Crippen molar-refractivity contribution < 1.29 is 14.3 Å². The molecule has 1 atom stereocenters. The van der Waals surface area contributed by atoms with E-state index in [4.69, 9.17) is 4.74 Å². The van der Waals surface area contributed by atoms with E-state index in [-0.39, 0.29) is 17.8 Å². The Balaban J connectivity index is 1.76. The summed E-state index contributed by atoms with van der Waals surface area (Å²) in [5.41, 5.74) is 1.89. The number of carbonyl (C=O) groups excluding carboxylic acids is 2. The van der Waals surface area contributed by atoms with Crippen LogP contribution < -0.4 is 5.32 Å². The number of hydrogen-bond donors (Lipinski definition) is 1. The van der Waals surface area contributed by atoms with Crippen molar-refractivity contribution in [2.75, 3.05) is 11.9 Å². The molecule has 2 rings (SSSR count). The van der Waals surface area contributed by atoms with E-state index in [1.165, 1.54) is 17.3 Å². The molecule has 4 nitrogen and oxygen atoms in total. The van der Waals surface area contributed by atoms with E-state index >= 15 is 0 Å². The van der Waals surface area contributed by atoms with E-state index in [0.29, 0.717) is 5.69 Å². The Hall–Kier alpha value is -2.27. The quantitative estimate of drug-likeness (QED) is 0.612. The lowest BCUT2D eigenvalue weighted by molar-refractivity contribution is -0.146. The molecule has 24 heavy (non-hydrogen) atoms. The van der Waals surface area contributed by atoms with Crippen LogP contribution >= 0.6 is 11.8 Å². The normalized spacial score (nSPS) is 11.6. The highest BCUT2D eigenvalue weighted by Gasteiger charge is 2.17. The van der Waals surface area contributed by atoms with Crippen LogP contribution in [-0.2, 0) is 20.7 Å². The van der Waals surface area contributed by atoms with Crippen LogP contribution in [0.5, 0.6) is 0 Å². The van der Waals surface area contributed by atoms with Gasteiger partial charge in [-0.2, -0.15) is 0 Å². The van der Waals surface area contributed by atoms with E-state index in [1.54, 1.807) is 6.92 Å². The molecule has 5 heteroatoms. The summed E-state index contributed by atoms with van der Waals surface area (Å²) in [5.74, 6) is -0.746. The topological polar surface area (TPSA) is 55.4 Å². The Morgan fingerprint density at radius 2 is 1.75 bits per heavy atom. The molecule has 1 N–H and O–H groups in total. The van der Waals surface area contributed by atoms with E-state index in [1.807, 2.05) is 54.6 Å². The van der Waals surface area contributed by atoms with Gasteiger partial charge in [0.1, 0.15) is 5.25 Å². The summed E-state index contributed by atoms with van der Waals surface area (Å²) in [7, 11) is 0. The maximum absolute atomic E-state index is 12.0.